The number of carbonyl (C=O) groups is 1. The van der Waals surface area contributed by atoms with Crippen molar-refractivity contribution in [1.82, 2.24) is 9.97 Å². The lowest BCUT2D eigenvalue weighted by Crippen LogP contribution is -2.37. The first-order valence-electron chi connectivity index (χ1n) is 6.48. The average Bonchev–Trinajstić information content (AvgIpc) is 2.41. The van der Waals surface area contributed by atoms with Gasteiger partial charge in [0.05, 0.1) is 18.6 Å². The van der Waals surface area contributed by atoms with Crippen molar-refractivity contribution in [3.8, 4) is 5.88 Å². The monoisotopic (exact) mass is 265 g/mol. The van der Waals surface area contributed by atoms with Crippen molar-refractivity contribution < 1.29 is 14.6 Å². The van der Waals surface area contributed by atoms with Crippen LogP contribution in [0, 0.1) is 12.8 Å². The van der Waals surface area contributed by atoms with E-state index in [-0.39, 0.29) is 12.0 Å². The Morgan fingerprint density at radius 1 is 1.42 bits per heavy atom. The van der Waals surface area contributed by atoms with Crippen LogP contribution in [0.15, 0.2) is 6.33 Å². The molecule has 1 heterocycles. The van der Waals surface area contributed by atoms with E-state index in [0.29, 0.717) is 18.1 Å². The molecule has 104 valence electrons. The van der Waals surface area contributed by atoms with Gasteiger partial charge in [-0.2, -0.15) is 0 Å². The van der Waals surface area contributed by atoms with Crippen LogP contribution >= 0.6 is 0 Å². The molecule has 19 heavy (non-hydrogen) atoms. The first-order chi connectivity index (χ1) is 9.13. The van der Waals surface area contributed by atoms with Gasteiger partial charge in [-0.25, -0.2) is 9.97 Å². The summed E-state index contributed by atoms with van der Waals surface area (Å²) in [5, 5.41) is 12.5. The molecule has 1 aromatic heterocycles. The number of carboxylic acids is 1. The molecule has 2 rings (SSSR count). The summed E-state index contributed by atoms with van der Waals surface area (Å²) in [5.74, 6) is 0.0789. The van der Waals surface area contributed by atoms with Gasteiger partial charge in [-0.3, -0.25) is 4.79 Å². The van der Waals surface area contributed by atoms with Gasteiger partial charge in [-0.05, 0) is 19.8 Å². The molecule has 1 saturated carbocycles. The molecular weight excluding hydrogens is 246 g/mol. The average molecular weight is 265 g/mol. The number of hydrogen-bond donors (Lipinski definition) is 2. The quantitative estimate of drug-likeness (QED) is 0.864. The summed E-state index contributed by atoms with van der Waals surface area (Å²) in [7, 11) is 1.56. The van der Waals surface area contributed by atoms with Gasteiger partial charge >= 0.3 is 5.97 Å². The number of nitrogens with one attached hydrogen (secondary N) is 1. The van der Waals surface area contributed by atoms with E-state index in [1.807, 2.05) is 6.92 Å². The normalized spacial score (nSPS) is 22.8. The van der Waals surface area contributed by atoms with E-state index in [0.717, 1.165) is 24.8 Å². The van der Waals surface area contributed by atoms with E-state index in [2.05, 4.69) is 15.3 Å². The van der Waals surface area contributed by atoms with Crippen molar-refractivity contribution in [3.05, 3.63) is 11.9 Å². The summed E-state index contributed by atoms with van der Waals surface area (Å²) in [5.41, 5.74) is 0.805. The second-order valence-electron chi connectivity index (χ2n) is 4.84. The number of hydrogen-bond acceptors (Lipinski definition) is 5. The Hall–Kier alpha value is -1.85. The van der Waals surface area contributed by atoms with E-state index in [1.165, 1.54) is 6.33 Å². The van der Waals surface area contributed by atoms with E-state index in [1.54, 1.807) is 7.11 Å². The van der Waals surface area contributed by atoms with Gasteiger partial charge in [0.1, 0.15) is 12.1 Å². The third-order valence-electron chi connectivity index (χ3n) is 3.64. The second kappa shape index (κ2) is 5.86. The molecule has 0 aromatic carbocycles. The van der Waals surface area contributed by atoms with Crippen molar-refractivity contribution in [2.75, 3.05) is 12.4 Å². The maximum Gasteiger partial charge on any atom is 0.308 e. The molecule has 2 N–H and O–H groups in total. The number of rotatable bonds is 4. The van der Waals surface area contributed by atoms with Crippen molar-refractivity contribution in [3.63, 3.8) is 0 Å². The highest BCUT2D eigenvalue weighted by Crippen LogP contribution is 2.29. The van der Waals surface area contributed by atoms with Crippen LogP contribution in [-0.4, -0.2) is 34.2 Å². The van der Waals surface area contributed by atoms with Gasteiger partial charge in [0.25, 0.3) is 0 Å². The molecule has 0 radical (unpaired) electrons. The molecule has 1 aliphatic carbocycles. The number of nitrogens with zero attached hydrogens (tertiary/aromatic N) is 2. The standard InChI is InChI=1S/C13H19N3O3/c1-8-11(14-7-15-12(8)19-2)16-10-6-4-3-5-9(10)13(17)18/h7,9-10H,3-6H2,1-2H3,(H,17,18)(H,14,15,16). The first kappa shape index (κ1) is 13.6. The minimum absolute atomic E-state index is 0.0791. The molecule has 2 unspecified atom stereocenters. The Balaban J connectivity index is 2.17. The van der Waals surface area contributed by atoms with Gasteiger partial charge in [-0.1, -0.05) is 12.8 Å². The number of aromatic nitrogens is 2. The molecule has 1 aromatic rings. The summed E-state index contributed by atoms with van der Waals surface area (Å²) in [4.78, 5) is 19.5. The van der Waals surface area contributed by atoms with Gasteiger partial charge in [-0.15, -0.1) is 0 Å². The summed E-state index contributed by atoms with van der Waals surface area (Å²) < 4.78 is 5.14. The summed E-state index contributed by atoms with van der Waals surface area (Å²) in [6.07, 6.45) is 5.01. The fourth-order valence-electron chi connectivity index (χ4n) is 2.56. The highest BCUT2D eigenvalue weighted by Gasteiger charge is 2.31. The van der Waals surface area contributed by atoms with Crippen LogP contribution in [0.4, 0.5) is 5.82 Å². The van der Waals surface area contributed by atoms with Gasteiger partial charge in [0.2, 0.25) is 5.88 Å². The highest BCUT2D eigenvalue weighted by molar-refractivity contribution is 5.72. The predicted molar refractivity (Wildman–Crippen MR) is 70.3 cm³/mol. The Morgan fingerprint density at radius 2 is 2.16 bits per heavy atom. The summed E-state index contributed by atoms with van der Waals surface area (Å²) in [6.45, 7) is 1.86. The molecule has 2 atom stereocenters. The molecule has 0 amide bonds. The van der Waals surface area contributed by atoms with Crippen LogP contribution in [0.1, 0.15) is 31.2 Å². The molecule has 6 heteroatoms. The third-order valence-corrected chi connectivity index (χ3v) is 3.64. The van der Waals surface area contributed by atoms with E-state index < -0.39 is 5.97 Å². The molecule has 0 aliphatic heterocycles. The number of aliphatic carboxylic acids is 1. The Labute approximate surface area is 112 Å². The number of carboxylic acid groups (broad SMARTS) is 1. The zero-order valence-electron chi connectivity index (χ0n) is 11.2. The van der Waals surface area contributed by atoms with Gasteiger partial charge in [0.15, 0.2) is 0 Å². The smallest absolute Gasteiger partial charge is 0.308 e. The predicted octanol–water partition coefficient (Wildman–Crippen LogP) is 1.85. The van der Waals surface area contributed by atoms with E-state index in [9.17, 15) is 9.90 Å². The maximum atomic E-state index is 11.3. The molecule has 0 saturated heterocycles. The topological polar surface area (TPSA) is 84.3 Å². The van der Waals surface area contributed by atoms with E-state index in [4.69, 9.17) is 4.74 Å². The lowest BCUT2D eigenvalue weighted by molar-refractivity contribution is -0.143. The van der Waals surface area contributed by atoms with Crippen LogP contribution in [-0.2, 0) is 4.79 Å². The second-order valence-corrected chi connectivity index (χ2v) is 4.84. The van der Waals surface area contributed by atoms with Crippen LogP contribution in [0.5, 0.6) is 5.88 Å². The molecule has 0 spiro atoms. The van der Waals surface area contributed by atoms with E-state index >= 15 is 0 Å². The van der Waals surface area contributed by atoms with Crippen molar-refractivity contribution in [2.24, 2.45) is 5.92 Å². The molecule has 1 aliphatic rings. The van der Waals surface area contributed by atoms with Crippen LogP contribution in [0.2, 0.25) is 0 Å². The minimum atomic E-state index is -0.740. The lowest BCUT2D eigenvalue weighted by atomic mass is 9.84. The minimum Gasteiger partial charge on any atom is -0.481 e. The fourth-order valence-corrected chi connectivity index (χ4v) is 2.56. The molecule has 1 fully saturated rings. The third kappa shape index (κ3) is 2.94. The highest BCUT2D eigenvalue weighted by atomic mass is 16.5. The number of anilines is 1. The van der Waals surface area contributed by atoms with Gasteiger partial charge < -0.3 is 15.2 Å². The summed E-state index contributed by atoms with van der Waals surface area (Å²) >= 11 is 0. The van der Waals surface area contributed by atoms with Crippen molar-refractivity contribution >= 4 is 11.8 Å². The Bertz CT molecular complexity index is 464. The SMILES string of the molecule is COc1ncnc(NC2CCCCC2C(=O)O)c1C. The number of methoxy groups -OCH3 is 1. The first-order valence-corrected chi connectivity index (χ1v) is 6.48. The van der Waals surface area contributed by atoms with Crippen LogP contribution in [0.3, 0.4) is 0 Å². The summed E-state index contributed by atoms with van der Waals surface area (Å²) in [6, 6.07) is -0.0791. The number of ether oxygens (including phenoxy) is 1. The van der Waals surface area contributed by atoms with Crippen molar-refractivity contribution in [2.45, 2.75) is 38.6 Å². The Kier molecular flexibility index (Phi) is 4.19. The lowest BCUT2D eigenvalue weighted by Gasteiger charge is -2.30. The maximum absolute atomic E-state index is 11.3. The molecular formula is C13H19N3O3. The van der Waals surface area contributed by atoms with Crippen molar-refractivity contribution in [1.29, 1.82) is 0 Å². The fraction of sp³-hybridized carbons (Fsp3) is 0.615. The zero-order chi connectivity index (χ0) is 13.8. The van der Waals surface area contributed by atoms with Crippen LogP contribution < -0.4 is 10.1 Å². The Morgan fingerprint density at radius 3 is 2.84 bits per heavy atom. The van der Waals surface area contributed by atoms with Gasteiger partial charge in [0, 0.05) is 6.04 Å². The molecule has 0 bridgehead atoms. The van der Waals surface area contributed by atoms with Crippen LogP contribution in [0.25, 0.3) is 0 Å². The molecule has 6 nitrogen and oxygen atoms in total. The zero-order valence-corrected chi connectivity index (χ0v) is 11.2. The largest absolute Gasteiger partial charge is 0.481 e.